The topological polar surface area (TPSA) is 63.5 Å². The highest BCUT2D eigenvalue weighted by molar-refractivity contribution is 6.08. The number of nitrogens with zero attached hydrogens (tertiary/aromatic N) is 2. The van der Waals surface area contributed by atoms with Crippen molar-refractivity contribution in [2.75, 3.05) is 0 Å². The molecule has 5 nitrogen and oxygen atoms in total. The Balaban J connectivity index is 2.04. The van der Waals surface area contributed by atoms with E-state index in [1.165, 1.54) is 0 Å². The minimum atomic E-state index is -4.65. The van der Waals surface area contributed by atoms with Crippen LogP contribution in [0.3, 0.4) is 0 Å². The molecule has 2 aliphatic heterocycles. The SMILES string of the molecule is CC1(C)Cc2ccccc2C2=CC(C(F)(F)F)=CC(=C3C=C([N+](=O)[O-])C=CC3=O)N21. The number of allylic oxidation sites excluding steroid dienone is 7. The van der Waals surface area contributed by atoms with Gasteiger partial charge in [0.05, 0.1) is 21.8 Å². The van der Waals surface area contributed by atoms with Crippen molar-refractivity contribution in [1.29, 1.82) is 0 Å². The largest absolute Gasteiger partial charge is 0.416 e. The van der Waals surface area contributed by atoms with Crippen LogP contribution in [0, 0.1) is 10.1 Å². The van der Waals surface area contributed by atoms with E-state index in [2.05, 4.69) is 0 Å². The highest BCUT2D eigenvalue weighted by atomic mass is 19.4. The van der Waals surface area contributed by atoms with Crippen molar-refractivity contribution < 1.29 is 22.9 Å². The predicted molar refractivity (Wildman–Crippen MR) is 104 cm³/mol. The number of carbonyl (C=O) groups is 1. The first-order valence-electron chi connectivity index (χ1n) is 9.21. The second kappa shape index (κ2) is 6.55. The number of hydrogen-bond acceptors (Lipinski definition) is 4. The minimum Gasteiger partial charge on any atom is -0.334 e. The van der Waals surface area contributed by atoms with Crippen molar-refractivity contribution in [3.8, 4) is 0 Å². The van der Waals surface area contributed by atoms with E-state index < -0.39 is 28.0 Å². The molecule has 0 unspecified atom stereocenters. The first-order chi connectivity index (χ1) is 14.0. The summed E-state index contributed by atoms with van der Waals surface area (Å²) in [5.41, 5.74) is -0.210. The van der Waals surface area contributed by atoms with Gasteiger partial charge in [-0.2, -0.15) is 13.2 Å². The third-order valence-electron chi connectivity index (χ3n) is 5.37. The maximum atomic E-state index is 13.7. The van der Waals surface area contributed by atoms with E-state index in [0.29, 0.717) is 17.7 Å². The lowest BCUT2D eigenvalue weighted by molar-refractivity contribution is -0.419. The van der Waals surface area contributed by atoms with Gasteiger partial charge >= 0.3 is 6.18 Å². The molecule has 4 rings (SSSR count). The third kappa shape index (κ3) is 3.18. The lowest BCUT2D eigenvalue weighted by Gasteiger charge is -2.49. The van der Waals surface area contributed by atoms with Crippen LogP contribution in [0.4, 0.5) is 13.2 Å². The smallest absolute Gasteiger partial charge is 0.334 e. The number of hydrogen-bond donors (Lipinski definition) is 0. The molecule has 154 valence electrons. The molecule has 0 atom stereocenters. The molecule has 2 heterocycles. The molecular weight excluding hydrogens is 397 g/mol. The summed E-state index contributed by atoms with van der Waals surface area (Å²) in [6.45, 7) is 3.73. The zero-order valence-corrected chi connectivity index (χ0v) is 16.2. The van der Waals surface area contributed by atoms with Crippen molar-refractivity contribution in [3.63, 3.8) is 0 Å². The van der Waals surface area contributed by atoms with E-state index in [4.69, 9.17) is 0 Å². The summed E-state index contributed by atoms with van der Waals surface area (Å²) >= 11 is 0. The molecule has 0 saturated carbocycles. The van der Waals surface area contributed by atoms with Crippen LogP contribution in [0.2, 0.25) is 0 Å². The van der Waals surface area contributed by atoms with E-state index >= 15 is 0 Å². The molecule has 0 N–H and O–H groups in total. The Morgan fingerprint density at radius 3 is 2.47 bits per heavy atom. The molecule has 1 aliphatic carbocycles. The molecular formula is C22H17F3N2O3. The van der Waals surface area contributed by atoms with Crippen LogP contribution in [0.15, 0.2) is 77.2 Å². The van der Waals surface area contributed by atoms with Crippen LogP contribution >= 0.6 is 0 Å². The lowest BCUT2D eigenvalue weighted by atomic mass is 9.80. The fraction of sp³-hybridized carbons (Fsp3) is 0.227. The molecule has 0 spiro atoms. The summed E-state index contributed by atoms with van der Waals surface area (Å²) in [5, 5.41) is 11.2. The zero-order valence-electron chi connectivity index (χ0n) is 16.2. The highest BCUT2D eigenvalue weighted by Crippen LogP contribution is 2.47. The van der Waals surface area contributed by atoms with Crippen molar-refractivity contribution in [3.05, 3.63) is 98.4 Å². The van der Waals surface area contributed by atoms with Crippen molar-refractivity contribution >= 4 is 11.5 Å². The van der Waals surface area contributed by atoms with Gasteiger partial charge in [-0.1, -0.05) is 24.3 Å². The average molecular weight is 414 g/mol. The minimum absolute atomic E-state index is 0.00743. The summed E-state index contributed by atoms with van der Waals surface area (Å²) in [4.78, 5) is 24.8. The van der Waals surface area contributed by atoms with Crippen LogP contribution in [0.25, 0.3) is 5.70 Å². The second-order valence-electron chi connectivity index (χ2n) is 7.93. The molecule has 0 fully saturated rings. The summed E-state index contributed by atoms with van der Waals surface area (Å²) in [7, 11) is 0. The van der Waals surface area contributed by atoms with Crippen molar-refractivity contribution in [2.24, 2.45) is 0 Å². The van der Waals surface area contributed by atoms with Crippen molar-refractivity contribution in [1.82, 2.24) is 4.90 Å². The monoisotopic (exact) mass is 414 g/mol. The number of fused-ring (bicyclic) bond motifs is 3. The number of carbonyl (C=O) groups excluding carboxylic acids is 1. The number of ketones is 1. The van der Waals surface area contributed by atoms with Crippen LogP contribution in [0.1, 0.15) is 25.0 Å². The summed E-state index contributed by atoms with van der Waals surface area (Å²) in [6, 6.07) is 7.18. The summed E-state index contributed by atoms with van der Waals surface area (Å²) < 4.78 is 41.2. The van der Waals surface area contributed by atoms with Gasteiger partial charge in [-0.15, -0.1) is 0 Å². The standard InChI is InChI=1S/C22H17F3N2O3/c1-21(2)12-13-5-3-4-6-16(13)18-9-14(22(23,24)25)10-19(26(18)21)17-11-15(27(29)30)7-8-20(17)28/h3-11H,12H2,1-2H3. The lowest BCUT2D eigenvalue weighted by Crippen LogP contribution is -2.48. The van der Waals surface area contributed by atoms with Gasteiger partial charge in [0.1, 0.15) is 0 Å². The molecule has 0 aromatic heterocycles. The van der Waals surface area contributed by atoms with Crippen LogP contribution < -0.4 is 0 Å². The second-order valence-corrected chi connectivity index (χ2v) is 7.93. The fourth-order valence-electron chi connectivity index (χ4n) is 4.11. The first kappa shape index (κ1) is 19.9. The molecule has 0 bridgehead atoms. The maximum absolute atomic E-state index is 13.7. The summed E-state index contributed by atoms with van der Waals surface area (Å²) in [6.07, 6.45) is 0.973. The van der Waals surface area contributed by atoms with Crippen LogP contribution in [0.5, 0.6) is 0 Å². The van der Waals surface area contributed by atoms with E-state index in [9.17, 15) is 28.1 Å². The number of halogens is 3. The third-order valence-corrected chi connectivity index (χ3v) is 5.37. The highest BCUT2D eigenvalue weighted by Gasteiger charge is 2.44. The molecule has 1 aromatic rings. The van der Waals surface area contributed by atoms with E-state index in [-0.39, 0.29) is 17.0 Å². The van der Waals surface area contributed by atoms with Gasteiger partial charge in [0, 0.05) is 29.0 Å². The normalized spacial score (nSPS) is 22.6. The Hall–Kier alpha value is -3.42. The molecule has 8 heteroatoms. The van der Waals surface area contributed by atoms with Gasteiger partial charge in [0.15, 0.2) is 5.78 Å². The van der Waals surface area contributed by atoms with Gasteiger partial charge in [0.25, 0.3) is 5.70 Å². The number of nitro groups is 1. The Morgan fingerprint density at radius 2 is 1.80 bits per heavy atom. The Morgan fingerprint density at radius 1 is 1.10 bits per heavy atom. The molecule has 0 radical (unpaired) electrons. The Labute approximate surface area is 170 Å². The molecule has 0 amide bonds. The van der Waals surface area contributed by atoms with Gasteiger partial charge in [-0.25, -0.2) is 0 Å². The molecule has 30 heavy (non-hydrogen) atoms. The van der Waals surface area contributed by atoms with Crippen molar-refractivity contribution in [2.45, 2.75) is 32.0 Å². The quantitative estimate of drug-likeness (QED) is 0.379. The van der Waals surface area contributed by atoms with E-state index in [1.807, 2.05) is 26.0 Å². The maximum Gasteiger partial charge on any atom is 0.416 e. The van der Waals surface area contributed by atoms with Crippen LogP contribution in [-0.2, 0) is 11.2 Å². The average Bonchev–Trinajstić information content (AvgIpc) is 2.66. The van der Waals surface area contributed by atoms with E-state index in [1.54, 1.807) is 17.0 Å². The Kier molecular flexibility index (Phi) is 4.34. The van der Waals surface area contributed by atoms with Gasteiger partial charge in [-0.3, -0.25) is 14.9 Å². The molecule has 0 saturated heterocycles. The van der Waals surface area contributed by atoms with Gasteiger partial charge in [0.2, 0.25) is 0 Å². The zero-order chi connectivity index (χ0) is 21.8. The number of benzene rings is 1. The number of alkyl halides is 3. The molecule has 3 aliphatic rings. The van der Waals surface area contributed by atoms with Gasteiger partial charge < -0.3 is 4.90 Å². The van der Waals surface area contributed by atoms with E-state index in [0.717, 1.165) is 35.9 Å². The van der Waals surface area contributed by atoms with Crippen LogP contribution in [-0.4, -0.2) is 27.3 Å². The summed E-state index contributed by atoms with van der Waals surface area (Å²) in [5.74, 6) is -0.579. The fourth-order valence-corrected chi connectivity index (χ4v) is 4.11. The Bertz CT molecular complexity index is 1130. The molecule has 1 aromatic carbocycles. The predicted octanol–water partition coefficient (Wildman–Crippen LogP) is 4.72. The van der Waals surface area contributed by atoms with Gasteiger partial charge in [-0.05, 0) is 44.1 Å². The number of rotatable bonds is 1. The first-order valence-corrected chi connectivity index (χ1v) is 9.21.